The zero-order valence-corrected chi connectivity index (χ0v) is 40.5. The zero-order chi connectivity index (χ0) is 43.4. The lowest BCUT2D eigenvalue weighted by Crippen LogP contribution is -2.30. The van der Waals surface area contributed by atoms with Crippen molar-refractivity contribution in [1.82, 2.24) is 0 Å². The Hall–Kier alpha value is -1.59. The van der Waals surface area contributed by atoms with Crippen molar-refractivity contribution < 1.29 is 28.6 Å². The first-order chi connectivity index (χ1) is 28.6. The van der Waals surface area contributed by atoms with E-state index < -0.39 is 6.10 Å². The number of ether oxygens (including phenoxy) is 3. The SMILES string of the molecule is CC(C)CCCCCCCCCCCCCCCCCCCCC(=O)OC[C@H](COC(=O)CCCCCCCCCCC(C)C)OC(=O)CCCCCCCCC(C)C. The second-order valence-electron chi connectivity index (χ2n) is 19.6. The van der Waals surface area contributed by atoms with Crippen LogP contribution in [-0.4, -0.2) is 37.2 Å². The highest BCUT2D eigenvalue weighted by atomic mass is 16.6. The summed E-state index contributed by atoms with van der Waals surface area (Å²) < 4.78 is 16.8. The van der Waals surface area contributed by atoms with Gasteiger partial charge in [0.05, 0.1) is 0 Å². The Morgan fingerprint density at radius 2 is 0.492 bits per heavy atom. The van der Waals surface area contributed by atoms with E-state index in [9.17, 15) is 14.4 Å². The van der Waals surface area contributed by atoms with E-state index >= 15 is 0 Å². The summed E-state index contributed by atoms with van der Waals surface area (Å²) in [5.41, 5.74) is 0. The lowest BCUT2D eigenvalue weighted by Gasteiger charge is -2.18. The molecule has 0 aliphatic heterocycles. The third-order valence-electron chi connectivity index (χ3n) is 11.9. The second-order valence-corrected chi connectivity index (χ2v) is 19.6. The molecular formula is C53H102O6. The molecule has 0 aliphatic carbocycles. The molecule has 0 spiro atoms. The van der Waals surface area contributed by atoms with E-state index in [4.69, 9.17) is 14.2 Å². The van der Waals surface area contributed by atoms with Crippen LogP contribution in [-0.2, 0) is 28.6 Å². The maximum atomic E-state index is 12.7. The van der Waals surface area contributed by atoms with E-state index in [1.54, 1.807) is 0 Å². The summed E-state index contributed by atoms with van der Waals surface area (Å²) in [5, 5.41) is 0. The van der Waals surface area contributed by atoms with E-state index in [2.05, 4.69) is 41.5 Å². The van der Waals surface area contributed by atoms with Gasteiger partial charge in [-0.05, 0) is 37.0 Å². The minimum atomic E-state index is -0.763. The Morgan fingerprint density at radius 1 is 0.288 bits per heavy atom. The first kappa shape index (κ1) is 57.4. The van der Waals surface area contributed by atoms with Crippen molar-refractivity contribution in [2.24, 2.45) is 17.8 Å². The smallest absolute Gasteiger partial charge is 0.306 e. The van der Waals surface area contributed by atoms with Crippen LogP contribution in [0.5, 0.6) is 0 Å². The molecule has 1 atom stereocenters. The van der Waals surface area contributed by atoms with Gasteiger partial charge in [-0.15, -0.1) is 0 Å². The minimum Gasteiger partial charge on any atom is -0.462 e. The molecule has 0 N–H and O–H groups in total. The molecule has 350 valence electrons. The van der Waals surface area contributed by atoms with E-state index in [0.29, 0.717) is 19.3 Å². The molecule has 6 heteroatoms. The van der Waals surface area contributed by atoms with Crippen LogP contribution in [0.25, 0.3) is 0 Å². The summed E-state index contributed by atoms with van der Waals surface area (Å²) in [7, 11) is 0. The van der Waals surface area contributed by atoms with Gasteiger partial charge in [-0.25, -0.2) is 0 Å². The summed E-state index contributed by atoms with van der Waals surface area (Å²) in [5.74, 6) is 1.55. The molecule has 0 rings (SSSR count). The maximum Gasteiger partial charge on any atom is 0.306 e. The molecule has 0 amide bonds. The number of carbonyl (C=O) groups excluding carboxylic acids is 3. The molecule has 6 nitrogen and oxygen atoms in total. The molecule has 0 saturated heterocycles. The molecule has 59 heavy (non-hydrogen) atoms. The third kappa shape index (κ3) is 47.3. The summed E-state index contributed by atoms with van der Waals surface area (Å²) in [4.78, 5) is 37.8. The summed E-state index contributed by atoms with van der Waals surface area (Å²) >= 11 is 0. The Bertz CT molecular complexity index is 914. The van der Waals surface area contributed by atoms with Gasteiger partial charge >= 0.3 is 17.9 Å². The van der Waals surface area contributed by atoms with Crippen LogP contribution in [0.15, 0.2) is 0 Å². The van der Waals surface area contributed by atoms with Gasteiger partial charge in [-0.1, -0.05) is 247 Å². The molecule has 0 aromatic carbocycles. The Kier molecular flexibility index (Phi) is 43.3. The van der Waals surface area contributed by atoms with Gasteiger partial charge in [0.2, 0.25) is 0 Å². The minimum absolute atomic E-state index is 0.0659. The number of carbonyl (C=O) groups is 3. The fourth-order valence-corrected chi connectivity index (χ4v) is 7.94. The zero-order valence-electron chi connectivity index (χ0n) is 40.5. The second kappa shape index (κ2) is 44.5. The highest BCUT2D eigenvalue weighted by molar-refractivity contribution is 5.71. The fourth-order valence-electron chi connectivity index (χ4n) is 7.94. The lowest BCUT2D eigenvalue weighted by atomic mass is 10.0. The van der Waals surface area contributed by atoms with Gasteiger partial charge in [0.15, 0.2) is 6.10 Å². The van der Waals surface area contributed by atoms with E-state index in [1.165, 1.54) is 167 Å². The van der Waals surface area contributed by atoms with E-state index in [0.717, 1.165) is 75.5 Å². The van der Waals surface area contributed by atoms with Gasteiger partial charge in [0.1, 0.15) is 13.2 Å². The maximum absolute atomic E-state index is 12.7. The first-order valence-corrected chi connectivity index (χ1v) is 26.1. The lowest BCUT2D eigenvalue weighted by molar-refractivity contribution is -0.167. The number of esters is 3. The van der Waals surface area contributed by atoms with Crippen LogP contribution < -0.4 is 0 Å². The molecule has 0 aliphatic rings. The Labute approximate surface area is 368 Å². The largest absolute Gasteiger partial charge is 0.462 e. The van der Waals surface area contributed by atoms with Crippen molar-refractivity contribution in [2.75, 3.05) is 13.2 Å². The normalized spacial score (nSPS) is 12.2. The van der Waals surface area contributed by atoms with Crippen LogP contribution in [0.3, 0.4) is 0 Å². The van der Waals surface area contributed by atoms with Gasteiger partial charge in [0.25, 0.3) is 0 Å². The van der Waals surface area contributed by atoms with Gasteiger partial charge in [-0.3, -0.25) is 14.4 Å². The average molecular weight is 835 g/mol. The summed E-state index contributed by atoms with van der Waals surface area (Å²) in [6.45, 7) is 13.6. The van der Waals surface area contributed by atoms with Crippen molar-refractivity contribution in [2.45, 2.75) is 292 Å². The van der Waals surface area contributed by atoms with Crippen molar-refractivity contribution in [3.63, 3.8) is 0 Å². The van der Waals surface area contributed by atoms with Crippen molar-refractivity contribution in [3.8, 4) is 0 Å². The van der Waals surface area contributed by atoms with Crippen molar-refractivity contribution in [1.29, 1.82) is 0 Å². The van der Waals surface area contributed by atoms with Crippen LogP contribution in [0, 0.1) is 17.8 Å². The van der Waals surface area contributed by atoms with Crippen LogP contribution in [0.1, 0.15) is 286 Å². The number of hydrogen-bond acceptors (Lipinski definition) is 6. The number of rotatable bonds is 46. The molecular weight excluding hydrogens is 733 g/mol. The number of unbranched alkanes of at least 4 members (excludes halogenated alkanes) is 29. The van der Waals surface area contributed by atoms with Gasteiger partial charge in [0, 0.05) is 19.3 Å². The average Bonchev–Trinajstić information content (AvgIpc) is 3.19. The van der Waals surface area contributed by atoms with E-state index in [1.807, 2.05) is 0 Å². The monoisotopic (exact) mass is 835 g/mol. The van der Waals surface area contributed by atoms with Crippen molar-refractivity contribution >= 4 is 17.9 Å². The van der Waals surface area contributed by atoms with Crippen LogP contribution in [0.4, 0.5) is 0 Å². The molecule has 0 aromatic rings. The summed E-state index contributed by atoms with van der Waals surface area (Å²) in [6, 6.07) is 0. The molecule has 0 unspecified atom stereocenters. The molecule has 0 saturated carbocycles. The first-order valence-electron chi connectivity index (χ1n) is 26.1. The Balaban J connectivity index is 4.16. The molecule has 0 heterocycles. The van der Waals surface area contributed by atoms with Gasteiger partial charge < -0.3 is 14.2 Å². The standard InChI is InChI=1S/C53H102O6/c1-47(2)39-33-27-21-17-15-13-11-9-7-8-10-12-14-16-18-23-30-36-42-51(54)57-45-50(59-53(56)44-38-32-26-25-29-35-41-49(5)6)46-58-52(55)43-37-31-24-20-19-22-28-34-40-48(3)4/h47-50H,7-46H2,1-6H3/t50-/m1/s1. The highest BCUT2D eigenvalue weighted by Gasteiger charge is 2.19. The van der Waals surface area contributed by atoms with Crippen LogP contribution >= 0.6 is 0 Å². The molecule has 0 radical (unpaired) electrons. The van der Waals surface area contributed by atoms with E-state index in [-0.39, 0.29) is 31.1 Å². The topological polar surface area (TPSA) is 78.9 Å². The highest BCUT2D eigenvalue weighted by Crippen LogP contribution is 2.18. The van der Waals surface area contributed by atoms with Crippen LogP contribution in [0.2, 0.25) is 0 Å². The number of hydrogen-bond donors (Lipinski definition) is 0. The predicted molar refractivity (Wildman–Crippen MR) is 252 cm³/mol. The predicted octanol–water partition coefficient (Wildman–Crippen LogP) is 16.8. The third-order valence-corrected chi connectivity index (χ3v) is 11.9. The quantitative estimate of drug-likeness (QED) is 0.0345. The van der Waals surface area contributed by atoms with Crippen molar-refractivity contribution in [3.05, 3.63) is 0 Å². The fraction of sp³-hybridized carbons (Fsp3) is 0.943. The molecule has 0 aromatic heterocycles. The Morgan fingerprint density at radius 3 is 0.729 bits per heavy atom. The summed E-state index contributed by atoms with van der Waals surface area (Å²) in [6.07, 6.45) is 44.1. The molecule has 0 fully saturated rings. The molecule has 0 bridgehead atoms. The van der Waals surface area contributed by atoms with Gasteiger partial charge in [-0.2, -0.15) is 0 Å².